The average molecular weight is 347 g/mol. The smallest absolute Gasteiger partial charge is 0.234 e. The van der Waals surface area contributed by atoms with Crippen molar-refractivity contribution in [2.24, 2.45) is 0 Å². The van der Waals surface area contributed by atoms with Crippen LogP contribution in [0.4, 0.5) is 0 Å². The van der Waals surface area contributed by atoms with Crippen LogP contribution in [0, 0.1) is 0 Å². The van der Waals surface area contributed by atoms with E-state index in [9.17, 15) is 4.79 Å². The van der Waals surface area contributed by atoms with Gasteiger partial charge in [-0.25, -0.2) is 0 Å². The molecule has 1 aliphatic rings. The van der Waals surface area contributed by atoms with Crippen molar-refractivity contribution in [2.75, 3.05) is 26.0 Å². The lowest BCUT2D eigenvalue weighted by Gasteiger charge is -2.22. The molecule has 1 amide bonds. The average Bonchev–Trinajstić information content (AvgIpc) is 3.22. The minimum atomic E-state index is -0.0581. The molecule has 2 aromatic rings. The van der Waals surface area contributed by atoms with Crippen LogP contribution in [0.3, 0.4) is 0 Å². The Hall–Kier alpha value is -2.08. The summed E-state index contributed by atoms with van der Waals surface area (Å²) in [7, 11) is 1.63. The van der Waals surface area contributed by atoms with E-state index in [2.05, 4.69) is 6.92 Å². The first kappa shape index (κ1) is 16.8. The minimum Gasteiger partial charge on any atom is -0.497 e. The van der Waals surface area contributed by atoms with Crippen LogP contribution in [0.15, 0.2) is 40.8 Å². The third kappa shape index (κ3) is 3.70. The quantitative estimate of drug-likeness (QED) is 0.767. The molecule has 0 saturated carbocycles. The summed E-state index contributed by atoms with van der Waals surface area (Å²) in [4.78, 5) is 14.0. The molecular formula is C18H21NO4S. The Labute approximate surface area is 145 Å². The lowest BCUT2D eigenvalue weighted by atomic mass is 10.3. The van der Waals surface area contributed by atoms with Crippen molar-refractivity contribution in [1.29, 1.82) is 0 Å². The molecular weight excluding hydrogens is 326 g/mol. The summed E-state index contributed by atoms with van der Waals surface area (Å²) in [6.07, 6.45) is 0.853. The first-order chi connectivity index (χ1) is 11.7. The first-order valence-electron chi connectivity index (χ1n) is 7.97. The van der Waals surface area contributed by atoms with Gasteiger partial charge in [-0.3, -0.25) is 4.79 Å². The molecule has 0 bridgehead atoms. The van der Waals surface area contributed by atoms with Crippen molar-refractivity contribution in [3.05, 3.63) is 47.9 Å². The molecule has 3 rings (SSSR count). The molecule has 2 heterocycles. The molecule has 1 fully saturated rings. The van der Waals surface area contributed by atoms with E-state index in [-0.39, 0.29) is 11.3 Å². The van der Waals surface area contributed by atoms with Gasteiger partial charge < -0.3 is 18.8 Å². The van der Waals surface area contributed by atoms with Crippen LogP contribution < -0.4 is 9.47 Å². The molecule has 1 aromatic carbocycles. The molecule has 0 aliphatic carbocycles. The highest BCUT2D eigenvalue weighted by atomic mass is 32.2. The van der Waals surface area contributed by atoms with Crippen molar-refractivity contribution in [1.82, 2.24) is 4.90 Å². The zero-order chi connectivity index (χ0) is 16.9. The van der Waals surface area contributed by atoms with Gasteiger partial charge in [0.15, 0.2) is 0 Å². The number of thioether (sulfide) groups is 1. The highest BCUT2D eigenvalue weighted by Gasteiger charge is 2.34. The van der Waals surface area contributed by atoms with E-state index < -0.39 is 0 Å². The summed E-state index contributed by atoms with van der Waals surface area (Å²) in [5.41, 5.74) is 0. The number of methoxy groups -OCH3 is 1. The molecule has 128 valence electrons. The fourth-order valence-electron chi connectivity index (χ4n) is 2.58. The van der Waals surface area contributed by atoms with Gasteiger partial charge in [0.05, 0.1) is 19.4 Å². The zero-order valence-corrected chi connectivity index (χ0v) is 14.7. The van der Waals surface area contributed by atoms with Gasteiger partial charge in [-0.1, -0.05) is 6.92 Å². The third-order valence-electron chi connectivity index (χ3n) is 3.90. The molecule has 0 radical (unpaired) electrons. The van der Waals surface area contributed by atoms with E-state index in [4.69, 9.17) is 13.9 Å². The molecule has 0 spiro atoms. The van der Waals surface area contributed by atoms with Gasteiger partial charge in [0.25, 0.3) is 0 Å². The molecule has 0 N–H and O–H groups in total. The van der Waals surface area contributed by atoms with Gasteiger partial charge in [0.2, 0.25) is 5.91 Å². The molecule has 1 aliphatic heterocycles. The summed E-state index contributed by atoms with van der Waals surface area (Å²) in [5, 5.41) is -0.0581. The van der Waals surface area contributed by atoms with Gasteiger partial charge in [-0.2, -0.15) is 0 Å². The number of rotatable bonds is 7. The summed E-state index contributed by atoms with van der Waals surface area (Å²) in [6, 6.07) is 11.4. The largest absolute Gasteiger partial charge is 0.497 e. The number of ether oxygens (including phenoxy) is 2. The van der Waals surface area contributed by atoms with Gasteiger partial charge in [-0.05, 0) is 36.4 Å². The second-order valence-electron chi connectivity index (χ2n) is 5.43. The zero-order valence-electron chi connectivity index (χ0n) is 13.9. The lowest BCUT2D eigenvalue weighted by molar-refractivity contribution is -0.128. The molecule has 24 heavy (non-hydrogen) atoms. The SMILES string of the molecule is CCc1ccc(C2SCC(=O)N2CCOc2ccc(OC)cc2)o1. The molecule has 5 nitrogen and oxygen atoms in total. The van der Waals surface area contributed by atoms with Crippen LogP contribution in [0.25, 0.3) is 0 Å². The van der Waals surface area contributed by atoms with E-state index >= 15 is 0 Å². The van der Waals surface area contributed by atoms with Gasteiger partial charge >= 0.3 is 0 Å². The number of amides is 1. The number of hydrogen-bond donors (Lipinski definition) is 0. The monoisotopic (exact) mass is 347 g/mol. The van der Waals surface area contributed by atoms with E-state index in [1.54, 1.807) is 18.9 Å². The standard InChI is InChI=1S/C18H21NO4S/c1-3-13-8-9-16(23-13)18-19(17(20)12-24-18)10-11-22-15-6-4-14(21-2)5-7-15/h4-9,18H,3,10-12H2,1-2H3. The summed E-state index contributed by atoms with van der Waals surface area (Å²) in [6.45, 7) is 3.02. The van der Waals surface area contributed by atoms with Crippen molar-refractivity contribution >= 4 is 17.7 Å². The van der Waals surface area contributed by atoms with Crippen LogP contribution in [0.5, 0.6) is 11.5 Å². The highest BCUT2D eigenvalue weighted by molar-refractivity contribution is 8.00. The van der Waals surface area contributed by atoms with Crippen molar-refractivity contribution < 1.29 is 18.7 Å². The minimum absolute atomic E-state index is 0.0581. The fraction of sp³-hybridized carbons (Fsp3) is 0.389. The highest BCUT2D eigenvalue weighted by Crippen LogP contribution is 2.39. The predicted molar refractivity (Wildman–Crippen MR) is 93.5 cm³/mol. The van der Waals surface area contributed by atoms with Gasteiger partial charge in [-0.15, -0.1) is 11.8 Å². The number of carbonyl (C=O) groups is 1. The van der Waals surface area contributed by atoms with E-state index in [0.717, 1.165) is 29.4 Å². The van der Waals surface area contributed by atoms with Crippen LogP contribution in [0.2, 0.25) is 0 Å². The number of nitrogens with zero attached hydrogens (tertiary/aromatic N) is 1. The molecule has 6 heteroatoms. The number of benzene rings is 1. The van der Waals surface area contributed by atoms with E-state index in [1.807, 2.05) is 41.3 Å². The van der Waals surface area contributed by atoms with Crippen LogP contribution in [-0.2, 0) is 11.2 Å². The van der Waals surface area contributed by atoms with Crippen LogP contribution >= 0.6 is 11.8 Å². The number of aryl methyl sites for hydroxylation is 1. The number of hydrogen-bond acceptors (Lipinski definition) is 5. The predicted octanol–water partition coefficient (Wildman–Crippen LogP) is 3.50. The number of carbonyl (C=O) groups excluding carboxylic acids is 1. The fourth-order valence-corrected chi connectivity index (χ4v) is 3.74. The second-order valence-corrected chi connectivity index (χ2v) is 6.50. The lowest BCUT2D eigenvalue weighted by Crippen LogP contribution is -2.32. The Morgan fingerprint density at radius 1 is 1.21 bits per heavy atom. The topological polar surface area (TPSA) is 51.9 Å². The summed E-state index contributed by atoms with van der Waals surface area (Å²) in [5.74, 6) is 3.94. The maximum Gasteiger partial charge on any atom is 0.234 e. The third-order valence-corrected chi connectivity index (χ3v) is 5.12. The van der Waals surface area contributed by atoms with Gasteiger partial charge in [0.1, 0.15) is 35.0 Å². The Bertz CT molecular complexity index is 683. The van der Waals surface area contributed by atoms with Crippen LogP contribution in [-0.4, -0.2) is 36.8 Å². The maximum atomic E-state index is 12.2. The Morgan fingerprint density at radius 3 is 2.62 bits per heavy atom. The summed E-state index contributed by atoms with van der Waals surface area (Å²) < 4.78 is 16.7. The van der Waals surface area contributed by atoms with E-state index in [0.29, 0.717) is 18.9 Å². The second kappa shape index (κ2) is 7.66. The number of furan rings is 1. The Morgan fingerprint density at radius 2 is 1.96 bits per heavy atom. The van der Waals surface area contributed by atoms with Gasteiger partial charge in [0, 0.05) is 6.42 Å². The molecule has 1 aromatic heterocycles. The summed E-state index contributed by atoms with van der Waals surface area (Å²) >= 11 is 1.60. The molecule has 1 unspecified atom stereocenters. The first-order valence-corrected chi connectivity index (χ1v) is 9.02. The van der Waals surface area contributed by atoms with Crippen molar-refractivity contribution in [2.45, 2.75) is 18.7 Å². The maximum absolute atomic E-state index is 12.2. The van der Waals surface area contributed by atoms with Crippen molar-refractivity contribution in [3.8, 4) is 11.5 Å². The molecule has 1 saturated heterocycles. The Kier molecular flexibility index (Phi) is 5.35. The van der Waals surface area contributed by atoms with E-state index in [1.165, 1.54) is 0 Å². The van der Waals surface area contributed by atoms with Crippen molar-refractivity contribution in [3.63, 3.8) is 0 Å². The Balaban J connectivity index is 1.58. The molecule has 1 atom stereocenters. The van der Waals surface area contributed by atoms with Crippen LogP contribution in [0.1, 0.15) is 23.8 Å². The normalized spacial score (nSPS) is 17.3.